The topological polar surface area (TPSA) is 76.7 Å². The third-order valence-electron chi connectivity index (χ3n) is 5.32. The Morgan fingerprint density at radius 1 is 1.18 bits per heavy atom. The quantitative estimate of drug-likeness (QED) is 0.567. The normalized spacial score (nSPS) is 23.3. The van der Waals surface area contributed by atoms with Crippen molar-refractivity contribution in [1.29, 1.82) is 0 Å². The van der Waals surface area contributed by atoms with Crippen LogP contribution in [0.15, 0.2) is 36.5 Å². The standard InChI is InChI=1S/C22H30N2O4/c1-3-14-27-18-13-9-8-12-17(18)20-19(15(2)23-22(26)24-20)21(25)28-16-10-6-4-5-7-11-16/h8-9,12-13,16,19-20H,2-7,10-11,14H2,1H3,(H2,23,24,26)/t19-,20+/m0/s1. The number of esters is 1. The lowest BCUT2D eigenvalue weighted by atomic mass is 9.88. The number of benzene rings is 1. The highest BCUT2D eigenvalue weighted by molar-refractivity contribution is 5.85. The van der Waals surface area contributed by atoms with E-state index in [0.29, 0.717) is 18.1 Å². The van der Waals surface area contributed by atoms with E-state index in [1.807, 2.05) is 31.2 Å². The third kappa shape index (κ3) is 4.86. The van der Waals surface area contributed by atoms with Crippen molar-refractivity contribution < 1.29 is 19.1 Å². The van der Waals surface area contributed by atoms with Gasteiger partial charge >= 0.3 is 12.0 Å². The summed E-state index contributed by atoms with van der Waals surface area (Å²) in [5.41, 5.74) is 1.12. The first-order valence-corrected chi connectivity index (χ1v) is 10.3. The van der Waals surface area contributed by atoms with Gasteiger partial charge in [-0.1, -0.05) is 44.5 Å². The Morgan fingerprint density at radius 3 is 2.61 bits per heavy atom. The lowest BCUT2D eigenvalue weighted by Gasteiger charge is -2.34. The van der Waals surface area contributed by atoms with Gasteiger partial charge in [0.2, 0.25) is 0 Å². The fraction of sp³-hybridized carbons (Fsp3) is 0.545. The molecular formula is C22H30N2O4. The molecule has 3 rings (SSSR count). The van der Waals surface area contributed by atoms with E-state index < -0.39 is 12.0 Å². The molecule has 6 nitrogen and oxygen atoms in total. The second-order valence-electron chi connectivity index (χ2n) is 7.52. The molecule has 1 aromatic rings. The molecule has 0 radical (unpaired) electrons. The first-order valence-electron chi connectivity index (χ1n) is 10.3. The maximum Gasteiger partial charge on any atom is 0.319 e. The van der Waals surface area contributed by atoms with Crippen molar-refractivity contribution in [1.82, 2.24) is 10.6 Å². The summed E-state index contributed by atoms with van der Waals surface area (Å²) in [6, 6.07) is 6.53. The predicted molar refractivity (Wildman–Crippen MR) is 107 cm³/mol. The molecule has 2 fully saturated rings. The van der Waals surface area contributed by atoms with E-state index >= 15 is 0 Å². The van der Waals surface area contributed by atoms with E-state index in [2.05, 4.69) is 17.2 Å². The molecule has 0 bridgehead atoms. The van der Waals surface area contributed by atoms with Crippen molar-refractivity contribution in [3.05, 3.63) is 42.1 Å². The molecule has 2 aliphatic rings. The molecule has 1 aromatic carbocycles. The highest BCUT2D eigenvalue weighted by atomic mass is 16.5. The monoisotopic (exact) mass is 386 g/mol. The molecule has 1 aliphatic heterocycles. The van der Waals surface area contributed by atoms with Gasteiger partial charge in [-0.3, -0.25) is 4.79 Å². The summed E-state index contributed by atoms with van der Waals surface area (Å²) in [4.78, 5) is 25.2. The Labute approximate surface area is 166 Å². The van der Waals surface area contributed by atoms with Crippen LogP contribution in [0.25, 0.3) is 0 Å². The van der Waals surface area contributed by atoms with Crippen molar-refractivity contribution in [2.75, 3.05) is 6.61 Å². The van der Waals surface area contributed by atoms with E-state index in [-0.39, 0.29) is 18.1 Å². The van der Waals surface area contributed by atoms with E-state index in [1.165, 1.54) is 12.8 Å². The number of hydrogen-bond donors (Lipinski definition) is 2. The summed E-state index contributed by atoms with van der Waals surface area (Å²) in [7, 11) is 0. The maximum atomic E-state index is 13.1. The van der Waals surface area contributed by atoms with Gasteiger partial charge in [-0.15, -0.1) is 0 Å². The summed E-state index contributed by atoms with van der Waals surface area (Å²) in [5.74, 6) is -0.386. The largest absolute Gasteiger partial charge is 0.493 e. The van der Waals surface area contributed by atoms with Gasteiger partial charge in [0.1, 0.15) is 17.8 Å². The number of rotatable bonds is 6. The number of ether oxygens (including phenoxy) is 2. The number of carbonyl (C=O) groups is 2. The number of amides is 2. The minimum atomic E-state index is -0.702. The van der Waals surface area contributed by atoms with Crippen LogP contribution in [0.2, 0.25) is 0 Å². The Morgan fingerprint density at radius 2 is 1.89 bits per heavy atom. The molecular weight excluding hydrogens is 356 g/mol. The first-order chi connectivity index (χ1) is 13.6. The summed E-state index contributed by atoms with van der Waals surface area (Å²) >= 11 is 0. The summed E-state index contributed by atoms with van der Waals surface area (Å²) in [6.45, 7) is 6.53. The molecule has 0 aromatic heterocycles. The van der Waals surface area contributed by atoms with Crippen molar-refractivity contribution in [2.45, 2.75) is 64.0 Å². The van der Waals surface area contributed by atoms with Crippen LogP contribution in [0.4, 0.5) is 4.79 Å². The second-order valence-corrected chi connectivity index (χ2v) is 7.52. The molecule has 28 heavy (non-hydrogen) atoms. The van der Waals surface area contributed by atoms with Gasteiger partial charge in [0.25, 0.3) is 0 Å². The molecule has 1 heterocycles. The van der Waals surface area contributed by atoms with Crippen LogP contribution in [-0.4, -0.2) is 24.7 Å². The van der Waals surface area contributed by atoms with Gasteiger partial charge < -0.3 is 20.1 Å². The van der Waals surface area contributed by atoms with Crippen LogP contribution >= 0.6 is 0 Å². The lowest BCUT2D eigenvalue weighted by molar-refractivity contribution is -0.154. The maximum absolute atomic E-state index is 13.1. The van der Waals surface area contributed by atoms with Crippen LogP contribution in [0.1, 0.15) is 63.5 Å². The van der Waals surface area contributed by atoms with Gasteiger partial charge in [0.15, 0.2) is 0 Å². The summed E-state index contributed by atoms with van der Waals surface area (Å²) in [5, 5.41) is 5.50. The zero-order valence-corrected chi connectivity index (χ0v) is 16.5. The molecule has 1 saturated carbocycles. The van der Waals surface area contributed by atoms with Crippen molar-refractivity contribution in [3.63, 3.8) is 0 Å². The smallest absolute Gasteiger partial charge is 0.319 e. The molecule has 6 heteroatoms. The average Bonchev–Trinajstić information content (AvgIpc) is 2.94. The molecule has 1 saturated heterocycles. The van der Waals surface area contributed by atoms with E-state index in [1.54, 1.807) is 0 Å². The molecule has 2 N–H and O–H groups in total. The molecule has 2 amide bonds. The van der Waals surface area contributed by atoms with Gasteiger partial charge in [0, 0.05) is 11.3 Å². The predicted octanol–water partition coefficient (Wildman–Crippen LogP) is 4.23. The van der Waals surface area contributed by atoms with E-state index in [4.69, 9.17) is 9.47 Å². The Hall–Kier alpha value is -2.50. The first kappa shape index (κ1) is 20.2. The van der Waals surface area contributed by atoms with Crippen molar-refractivity contribution in [2.24, 2.45) is 5.92 Å². The SMILES string of the molecule is C=C1NC(=O)N[C@H](c2ccccc2OCCC)[C@H]1C(=O)OC1CCCCCC1. The van der Waals surface area contributed by atoms with Crippen molar-refractivity contribution >= 4 is 12.0 Å². The van der Waals surface area contributed by atoms with Crippen LogP contribution < -0.4 is 15.4 Å². The van der Waals surface area contributed by atoms with Crippen LogP contribution in [0.5, 0.6) is 5.75 Å². The number of carbonyl (C=O) groups excluding carboxylic acids is 2. The molecule has 2 atom stereocenters. The Kier molecular flexibility index (Phi) is 6.95. The number of urea groups is 1. The van der Waals surface area contributed by atoms with Crippen molar-refractivity contribution in [3.8, 4) is 5.75 Å². The highest BCUT2D eigenvalue weighted by Gasteiger charge is 2.41. The minimum Gasteiger partial charge on any atom is -0.493 e. The van der Waals surface area contributed by atoms with Gasteiger partial charge in [-0.25, -0.2) is 4.79 Å². The van der Waals surface area contributed by atoms with Crippen LogP contribution in [0, 0.1) is 5.92 Å². The second kappa shape index (κ2) is 9.62. The Bertz CT molecular complexity index is 710. The average molecular weight is 386 g/mol. The lowest BCUT2D eigenvalue weighted by Crippen LogP contribution is -2.51. The number of nitrogens with one attached hydrogen (secondary N) is 2. The highest BCUT2D eigenvalue weighted by Crippen LogP contribution is 2.36. The van der Waals surface area contributed by atoms with E-state index in [0.717, 1.165) is 37.7 Å². The minimum absolute atomic E-state index is 0.0623. The number of para-hydroxylation sites is 1. The molecule has 0 spiro atoms. The summed E-state index contributed by atoms with van der Waals surface area (Å²) < 4.78 is 11.7. The third-order valence-corrected chi connectivity index (χ3v) is 5.32. The van der Waals surface area contributed by atoms with Crippen LogP contribution in [0.3, 0.4) is 0 Å². The van der Waals surface area contributed by atoms with Gasteiger partial charge in [0.05, 0.1) is 12.6 Å². The van der Waals surface area contributed by atoms with Crippen LogP contribution in [-0.2, 0) is 9.53 Å². The van der Waals surface area contributed by atoms with E-state index in [9.17, 15) is 9.59 Å². The zero-order chi connectivity index (χ0) is 19.9. The van der Waals surface area contributed by atoms with Gasteiger partial charge in [-0.05, 0) is 38.2 Å². The molecule has 152 valence electrons. The van der Waals surface area contributed by atoms with Gasteiger partial charge in [-0.2, -0.15) is 0 Å². The zero-order valence-electron chi connectivity index (χ0n) is 16.5. The molecule has 1 aliphatic carbocycles. The molecule has 0 unspecified atom stereocenters. The number of hydrogen-bond acceptors (Lipinski definition) is 4. The fourth-order valence-electron chi connectivity index (χ4n) is 3.90. The summed E-state index contributed by atoms with van der Waals surface area (Å²) in [6.07, 6.45) is 7.13. The Balaban J connectivity index is 1.83. The fourth-order valence-corrected chi connectivity index (χ4v) is 3.90.